The molecule has 6 nitrogen and oxygen atoms in total. The third-order valence-electron chi connectivity index (χ3n) is 3.79. The van der Waals surface area contributed by atoms with Crippen LogP contribution in [0.25, 0.3) is 0 Å². The van der Waals surface area contributed by atoms with Gasteiger partial charge in [-0.25, -0.2) is 15.0 Å². The van der Waals surface area contributed by atoms with Gasteiger partial charge >= 0.3 is 0 Å². The topological polar surface area (TPSA) is 80.7 Å². The minimum atomic E-state index is -0.303. The van der Waals surface area contributed by atoms with Crippen LogP contribution in [-0.4, -0.2) is 25.8 Å². The SMILES string of the molecule is Cc1nc(Sc2ncc(C(=O)Nc3cccnc3)cc2Cl)nc(C)c1C. The van der Waals surface area contributed by atoms with Gasteiger partial charge in [0, 0.05) is 23.8 Å². The molecule has 26 heavy (non-hydrogen) atoms. The Morgan fingerprint density at radius 2 is 1.88 bits per heavy atom. The molecule has 1 amide bonds. The summed E-state index contributed by atoms with van der Waals surface area (Å²) in [5.74, 6) is -0.303. The molecule has 3 rings (SSSR count). The molecule has 0 fully saturated rings. The molecule has 0 atom stereocenters. The second-order valence-corrected chi connectivity index (χ2v) is 6.97. The molecule has 8 heteroatoms. The lowest BCUT2D eigenvalue weighted by Crippen LogP contribution is -2.12. The Labute approximate surface area is 160 Å². The molecule has 0 radical (unpaired) electrons. The van der Waals surface area contributed by atoms with Crippen molar-refractivity contribution in [1.29, 1.82) is 0 Å². The average molecular weight is 386 g/mol. The fourth-order valence-corrected chi connectivity index (χ4v) is 3.22. The van der Waals surface area contributed by atoms with Gasteiger partial charge in [-0.2, -0.15) is 0 Å². The van der Waals surface area contributed by atoms with Gasteiger partial charge in [0.25, 0.3) is 5.91 Å². The normalized spacial score (nSPS) is 10.6. The van der Waals surface area contributed by atoms with Crippen LogP contribution >= 0.6 is 23.4 Å². The van der Waals surface area contributed by atoms with Crippen molar-refractivity contribution in [3.05, 3.63) is 64.3 Å². The first-order chi connectivity index (χ1) is 12.4. The molecule has 0 saturated carbocycles. The lowest BCUT2D eigenvalue weighted by molar-refractivity contribution is 0.102. The summed E-state index contributed by atoms with van der Waals surface area (Å²) in [5.41, 5.74) is 3.87. The lowest BCUT2D eigenvalue weighted by atomic mass is 10.2. The maximum absolute atomic E-state index is 12.3. The maximum atomic E-state index is 12.3. The van der Waals surface area contributed by atoms with Gasteiger partial charge in [-0.15, -0.1) is 0 Å². The van der Waals surface area contributed by atoms with Crippen LogP contribution in [-0.2, 0) is 0 Å². The predicted molar refractivity (Wildman–Crippen MR) is 102 cm³/mol. The van der Waals surface area contributed by atoms with Crippen LogP contribution in [0.4, 0.5) is 5.69 Å². The molecular formula is C18H16ClN5OS. The van der Waals surface area contributed by atoms with Gasteiger partial charge in [-0.05, 0) is 56.3 Å². The molecule has 0 spiro atoms. The number of rotatable bonds is 4. The average Bonchev–Trinajstić information content (AvgIpc) is 2.62. The van der Waals surface area contributed by atoms with E-state index in [1.807, 2.05) is 20.8 Å². The number of hydrogen-bond donors (Lipinski definition) is 1. The van der Waals surface area contributed by atoms with E-state index < -0.39 is 0 Å². The summed E-state index contributed by atoms with van der Waals surface area (Å²) >= 11 is 7.57. The monoisotopic (exact) mass is 385 g/mol. The van der Waals surface area contributed by atoms with E-state index in [-0.39, 0.29) is 5.91 Å². The van der Waals surface area contributed by atoms with E-state index in [9.17, 15) is 4.79 Å². The second-order valence-electron chi connectivity index (χ2n) is 5.61. The highest BCUT2D eigenvalue weighted by atomic mass is 35.5. The molecule has 1 N–H and O–H groups in total. The summed E-state index contributed by atoms with van der Waals surface area (Å²) in [7, 11) is 0. The van der Waals surface area contributed by atoms with E-state index in [0.29, 0.717) is 26.5 Å². The number of nitrogens with one attached hydrogen (secondary N) is 1. The number of nitrogens with zero attached hydrogens (tertiary/aromatic N) is 4. The molecule has 3 heterocycles. The fraction of sp³-hybridized carbons (Fsp3) is 0.167. The molecule has 3 aromatic rings. The second kappa shape index (κ2) is 7.80. The quantitative estimate of drug-likeness (QED) is 0.676. The van der Waals surface area contributed by atoms with Crippen molar-refractivity contribution in [3.63, 3.8) is 0 Å². The zero-order valence-electron chi connectivity index (χ0n) is 14.4. The van der Waals surface area contributed by atoms with Crippen molar-refractivity contribution in [1.82, 2.24) is 19.9 Å². The van der Waals surface area contributed by atoms with Crippen molar-refractivity contribution >= 4 is 35.0 Å². The summed E-state index contributed by atoms with van der Waals surface area (Å²) in [6.45, 7) is 5.87. The molecule has 0 saturated heterocycles. The van der Waals surface area contributed by atoms with Crippen molar-refractivity contribution in [2.75, 3.05) is 5.32 Å². The standard InChI is InChI=1S/C18H16ClN5OS/c1-10-11(2)22-18(23-12(10)3)26-17-15(19)7-13(8-21-17)16(25)24-14-5-4-6-20-9-14/h4-9H,1-3H3,(H,24,25). The summed E-state index contributed by atoms with van der Waals surface area (Å²) in [5, 5.41) is 4.24. The van der Waals surface area contributed by atoms with Gasteiger partial charge in [0.1, 0.15) is 5.03 Å². The van der Waals surface area contributed by atoms with E-state index in [2.05, 4.69) is 25.3 Å². The first-order valence-corrected chi connectivity index (χ1v) is 9.00. The first kappa shape index (κ1) is 18.3. The molecule has 3 aromatic heterocycles. The maximum Gasteiger partial charge on any atom is 0.257 e. The molecule has 0 bridgehead atoms. The smallest absolute Gasteiger partial charge is 0.257 e. The van der Waals surface area contributed by atoms with Crippen LogP contribution < -0.4 is 5.32 Å². The number of aromatic nitrogens is 4. The molecule has 0 aliphatic heterocycles. The summed E-state index contributed by atoms with van der Waals surface area (Å²) in [4.78, 5) is 29.4. The first-order valence-electron chi connectivity index (χ1n) is 7.80. The van der Waals surface area contributed by atoms with Gasteiger partial charge in [-0.1, -0.05) is 11.6 Å². The van der Waals surface area contributed by atoms with Crippen molar-refractivity contribution in [2.24, 2.45) is 0 Å². The minimum Gasteiger partial charge on any atom is -0.321 e. The van der Waals surface area contributed by atoms with Gasteiger partial charge in [0.2, 0.25) is 0 Å². The Morgan fingerprint density at radius 3 is 2.50 bits per heavy atom. The van der Waals surface area contributed by atoms with Gasteiger partial charge in [0.05, 0.1) is 22.5 Å². The number of halogens is 1. The zero-order valence-corrected chi connectivity index (χ0v) is 16.0. The van der Waals surface area contributed by atoms with E-state index in [0.717, 1.165) is 17.0 Å². The molecule has 0 aromatic carbocycles. The van der Waals surface area contributed by atoms with E-state index in [1.165, 1.54) is 18.0 Å². The van der Waals surface area contributed by atoms with Crippen LogP contribution in [0.1, 0.15) is 27.3 Å². The fourth-order valence-electron chi connectivity index (χ4n) is 2.14. The van der Waals surface area contributed by atoms with E-state index in [4.69, 9.17) is 11.6 Å². The summed E-state index contributed by atoms with van der Waals surface area (Å²) in [6, 6.07) is 5.08. The Morgan fingerprint density at radius 1 is 1.15 bits per heavy atom. The van der Waals surface area contributed by atoms with Gasteiger partial charge < -0.3 is 5.32 Å². The number of aryl methyl sites for hydroxylation is 2. The predicted octanol–water partition coefficient (Wildman–Crippen LogP) is 4.25. The highest BCUT2D eigenvalue weighted by Gasteiger charge is 2.13. The number of pyridine rings is 2. The molecular weight excluding hydrogens is 370 g/mol. The summed E-state index contributed by atoms with van der Waals surface area (Å²) < 4.78 is 0. The van der Waals surface area contributed by atoms with E-state index >= 15 is 0 Å². The third-order valence-corrected chi connectivity index (χ3v) is 5.07. The third kappa shape index (κ3) is 4.17. The number of hydrogen-bond acceptors (Lipinski definition) is 6. The van der Waals surface area contributed by atoms with Crippen LogP contribution in [0.5, 0.6) is 0 Å². The van der Waals surface area contributed by atoms with Crippen molar-refractivity contribution < 1.29 is 4.79 Å². The van der Waals surface area contributed by atoms with Crippen LogP contribution in [0.3, 0.4) is 0 Å². The van der Waals surface area contributed by atoms with Crippen molar-refractivity contribution in [3.8, 4) is 0 Å². The van der Waals surface area contributed by atoms with Crippen molar-refractivity contribution in [2.45, 2.75) is 31.0 Å². The largest absolute Gasteiger partial charge is 0.321 e. The van der Waals surface area contributed by atoms with Crippen LogP contribution in [0.2, 0.25) is 5.02 Å². The summed E-state index contributed by atoms with van der Waals surface area (Å²) in [6.07, 6.45) is 4.68. The van der Waals surface area contributed by atoms with Crippen LogP contribution in [0, 0.1) is 20.8 Å². The van der Waals surface area contributed by atoms with E-state index in [1.54, 1.807) is 30.6 Å². The number of amides is 1. The Bertz CT molecular complexity index is 942. The minimum absolute atomic E-state index is 0.303. The Kier molecular flexibility index (Phi) is 5.49. The Hall–Kier alpha value is -2.51. The Balaban J connectivity index is 1.78. The molecule has 0 unspecified atom stereocenters. The highest BCUT2D eigenvalue weighted by molar-refractivity contribution is 7.99. The lowest BCUT2D eigenvalue weighted by Gasteiger charge is -2.08. The van der Waals surface area contributed by atoms with Gasteiger partial charge in [0.15, 0.2) is 5.16 Å². The highest BCUT2D eigenvalue weighted by Crippen LogP contribution is 2.30. The number of carbonyl (C=O) groups is 1. The zero-order chi connectivity index (χ0) is 18.7. The molecule has 0 aliphatic carbocycles. The number of anilines is 1. The van der Waals surface area contributed by atoms with Crippen LogP contribution in [0.15, 0.2) is 47.0 Å². The molecule has 132 valence electrons. The molecule has 0 aliphatic rings. The van der Waals surface area contributed by atoms with Gasteiger partial charge in [-0.3, -0.25) is 9.78 Å². The number of carbonyl (C=O) groups excluding carboxylic acids is 1.